The second kappa shape index (κ2) is 7.51. The monoisotopic (exact) mass is 283 g/mol. The number of nitrogens with zero attached hydrogens (tertiary/aromatic N) is 2. The van der Waals surface area contributed by atoms with Gasteiger partial charge in [-0.2, -0.15) is 5.26 Å². The normalized spacial score (nSPS) is 10.3. The Labute approximate surface area is 126 Å². The molecule has 1 aromatic carbocycles. The highest BCUT2D eigenvalue weighted by Crippen LogP contribution is 2.22. The van der Waals surface area contributed by atoms with Crippen LogP contribution in [0.5, 0.6) is 0 Å². The predicted molar refractivity (Wildman–Crippen MR) is 84.0 cm³/mol. The van der Waals surface area contributed by atoms with Crippen molar-refractivity contribution in [3.8, 4) is 6.07 Å². The maximum atomic E-state index is 9.37. The maximum absolute atomic E-state index is 9.37. The van der Waals surface area contributed by atoms with E-state index in [9.17, 15) is 5.26 Å². The quantitative estimate of drug-likeness (QED) is 0.792. The van der Waals surface area contributed by atoms with Gasteiger partial charge in [-0.15, -0.1) is 0 Å². The molecule has 1 N–H and O–H groups in total. The van der Waals surface area contributed by atoms with Crippen molar-refractivity contribution in [1.82, 2.24) is 5.32 Å². The lowest BCUT2D eigenvalue weighted by molar-refractivity contribution is 0.507. The second-order valence-corrected chi connectivity index (χ2v) is 5.08. The summed E-state index contributed by atoms with van der Waals surface area (Å²) in [7, 11) is 1.97. The van der Waals surface area contributed by atoms with Crippen molar-refractivity contribution < 1.29 is 4.42 Å². The van der Waals surface area contributed by atoms with Gasteiger partial charge in [0.25, 0.3) is 0 Å². The Balaban J connectivity index is 2.10. The molecule has 1 heterocycles. The highest BCUT2D eigenvalue weighted by atomic mass is 16.3. The first-order chi connectivity index (χ1) is 10.2. The van der Waals surface area contributed by atoms with E-state index >= 15 is 0 Å². The summed E-state index contributed by atoms with van der Waals surface area (Å²) in [6.07, 6.45) is 2.77. The molecule has 110 valence electrons. The third-order valence-electron chi connectivity index (χ3n) is 3.32. The molecule has 21 heavy (non-hydrogen) atoms. The van der Waals surface area contributed by atoms with E-state index in [2.05, 4.69) is 24.4 Å². The van der Waals surface area contributed by atoms with Crippen molar-refractivity contribution in [1.29, 1.82) is 5.26 Å². The summed E-state index contributed by atoms with van der Waals surface area (Å²) in [5, 5.41) is 12.7. The minimum absolute atomic E-state index is 0.648. The average molecular weight is 283 g/mol. The zero-order valence-corrected chi connectivity index (χ0v) is 12.6. The van der Waals surface area contributed by atoms with Crippen LogP contribution in [0.4, 0.5) is 5.69 Å². The number of rotatable bonds is 7. The largest absolute Gasteiger partial charge is 0.467 e. The first-order valence-electron chi connectivity index (χ1n) is 7.22. The fraction of sp³-hybridized carbons (Fsp3) is 0.353. The number of hydrogen-bond acceptors (Lipinski definition) is 4. The molecule has 2 rings (SSSR count). The van der Waals surface area contributed by atoms with Crippen LogP contribution in [-0.2, 0) is 13.1 Å². The molecule has 0 atom stereocenters. The number of benzene rings is 1. The zero-order valence-electron chi connectivity index (χ0n) is 12.6. The van der Waals surface area contributed by atoms with Gasteiger partial charge in [0.2, 0.25) is 0 Å². The zero-order chi connectivity index (χ0) is 15.1. The van der Waals surface area contributed by atoms with Crippen LogP contribution in [0.1, 0.15) is 30.2 Å². The van der Waals surface area contributed by atoms with Gasteiger partial charge in [-0.3, -0.25) is 0 Å². The van der Waals surface area contributed by atoms with E-state index in [1.165, 1.54) is 0 Å². The van der Waals surface area contributed by atoms with E-state index in [0.29, 0.717) is 12.1 Å². The van der Waals surface area contributed by atoms with Crippen LogP contribution in [0.25, 0.3) is 0 Å². The summed E-state index contributed by atoms with van der Waals surface area (Å²) >= 11 is 0. The van der Waals surface area contributed by atoms with Gasteiger partial charge in [-0.05, 0) is 42.8 Å². The van der Waals surface area contributed by atoms with Gasteiger partial charge in [-0.25, -0.2) is 0 Å². The van der Waals surface area contributed by atoms with Crippen molar-refractivity contribution in [2.24, 2.45) is 0 Å². The molecule has 4 heteroatoms. The van der Waals surface area contributed by atoms with Crippen molar-refractivity contribution in [2.45, 2.75) is 26.4 Å². The van der Waals surface area contributed by atoms with Gasteiger partial charge in [0.15, 0.2) is 0 Å². The topological polar surface area (TPSA) is 52.2 Å². The van der Waals surface area contributed by atoms with E-state index < -0.39 is 0 Å². The van der Waals surface area contributed by atoms with Crippen LogP contribution in [0.3, 0.4) is 0 Å². The SMILES string of the molecule is CCCNCc1ccc(N(C)Cc2ccco2)c(C#N)c1. The molecule has 4 nitrogen and oxygen atoms in total. The van der Waals surface area contributed by atoms with E-state index in [4.69, 9.17) is 4.42 Å². The Bertz CT molecular complexity index is 599. The van der Waals surface area contributed by atoms with Crippen LogP contribution >= 0.6 is 0 Å². The van der Waals surface area contributed by atoms with E-state index in [1.807, 2.05) is 36.2 Å². The molecule has 0 aliphatic carbocycles. The second-order valence-electron chi connectivity index (χ2n) is 5.08. The molecular weight excluding hydrogens is 262 g/mol. The van der Waals surface area contributed by atoms with Crippen molar-refractivity contribution in [2.75, 3.05) is 18.5 Å². The summed E-state index contributed by atoms with van der Waals surface area (Å²) in [4.78, 5) is 2.03. The fourth-order valence-electron chi connectivity index (χ4n) is 2.25. The summed E-state index contributed by atoms with van der Waals surface area (Å²) in [5.41, 5.74) is 2.75. The van der Waals surface area contributed by atoms with Crippen LogP contribution in [0, 0.1) is 11.3 Å². The van der Waals surface area contributed by atoms with E-state index in [1.54, 1.807) is 6.26 Å². The average Bonchev–Trinajstić information content (AvgIpc) is 3.00. The molecule has 0 aliphatic heterocycles. The minimum atomic E-state index is 0.648. The minimum Gasteiger partial charge on any atom is -0.467 e. The fourth-order valence-corrected chi connectivity index (χ4v) is 2.25. The molecule has 1 aromatic heterocycles. The Morgan fingerprint density at radius 3 is 2.86 bits per heavy atom. The number of hydrogen-bond donors (Lipinski definition) is 1. The van der Waals surface area contributed by atoms with Gasteiger partial charge in [-0.1, -0.05) is 13.0 Å². The summed E-state index contributed by atoms with van der Waals surface area (Å²) in [6, 6.07) is 12.1. The van der Waals surface area contributed by atoms with Crippen LogP contribution < -0.4 is 10.2 Å². The summed E-state index contributed by atoms with van der Waals surface area (Å²) in [6.45, 7) is 4.57. The van der Waals surface area contributed by atoms with Gasteiger partial charge in [0.1, 0.15) is 11.8 Å². The number of anilines is 1. The molecule has 0 spiro atoms. The lowest BCUT2D eigenvalue weighted by atomic mass is 10.1. The van der Waals surface area contributed by atoms with E-state index in [0.717, 1.165) is 36.5 Å². The molecule has 0 unspecified atom stereocenters. The molecule has 0 aliphatic rings. The number of nitriles is 1. The van der Waals surface area contributed by atoms with Crippen molar-refractivity contribution >= 4 is 5.69 Å². The van der Waals surface area contributed by atoms with Crippen molar-refractivity contribution in [3.63, 3.8) is 0 Å². The molecule has 0 amide bonds. The summed E-state index contributed by atoms with van der Waals surface area (Å²) in [5.74, 6) is 0.884. The molecule has 0 saturated heterocycles. The first-order valence-corrected chi connectivity index (χ1v) is 7.22. The highest BCUT2D eigenvalue weighted by molar-refractivity contribution is 5.60. The summed E-state index contributed by atoms with van der Waals surface area (Å²) < 4.78 is 5.35. The molecule has 2 aromatic rings. The van der Waals surface area contributed by atoms with Crippen LogP contribution in [0.15, 0.2) is 41.0 Å². The smallest absolute Gasteiger partial charge is 0.123 e. The third-order valence-corrected chi connectivity index (χ3v) is 3.32. The molecular formula is C17H21N3O. The van der Waals surface area contributed by atoms with E-state index in [-0.39, 0.29) is 0 Å². The lowest BCUT2D eigenvalue weighted by Crippen LogP contribution is -2.18. The number of nitrogens with one attached hydrogen (secondary N) is 1. The van der Waals surface area contributed by atoms with Gasteiger partial charge in [0.05, 0.1) is 24.1 Å². The van der Waals surface area contributed by atoms with Crippen molar-refractivity contribution in [3.05, 3.63) is 53.5 Å². The Morgan fingerprint density at radius 1 is 1.33 bits per heavy atom. The maximum Gasteiger partial charge on any atom is 0.123 e. The van der Waals surface area contributed by atoms with Crippen LogP contribution in [0.2, 0.25) is 0 Å². The molecule has 0 fully saturated rings. The van der Waals surface area contributed by atoms with Crippen LogP contribution in [-0.4, -0.2) is 13.6 Å². The highest BCUT2D eigenvalue weighted by Gasteiger charge is 2.10. The Morgan fingerprint density at radius 2 is 2.19 bits per heavy atom. The molecule has 0 radical (unpaired) electrons. The number of furan rings is 1. The van der Waals surface area contributed by atoms with Gasteiger partial charge in [0, 0.05) is 13.6 Å². The van der Waals surface area contributed by atoms with Gasteiger partial charge >= 0.3 is 0 Å². The first kappa shape index (κ1) is 15.1. The lowest BCUT2D eigenvalue weighted by Gasteiger charge is -2.20. The molecule has 0 bridgehead atoms. The predicted octanol–water partition coefficient (Wildman–Crippen LogP) is 3.29. The van der Waals surface area contributed by atoms with Gasteiger partial charge < -0.3 is 14.6 Å². The third kappa shape index (κ3) is 4.11. The molecule has 0 saturated carbocycles. The Hall–Kier alpha value is -2.25. The Kier molecular flexibility index (Phi) is 5.42. The standard InChI is InChI=1S/C17H21N3O/c1-3-8-19-12-14-6-7-17(15(10-14)11-18)20(2)13-16-5-4-9-21-16/h4-7,9-10,19H,3,8,12-13H2,1-2H3.